The SMILES string of the molecule is [CH3-].[CH3-].[Zr+4].c1ccc2c(c1)[cH-]c1ccccc12.c1ccc2c(c1)[cH-]c1ccccc12. The van der Waals surface area contributed by atoms with E-state index in [0.717, 1.165) is 0 Å². The van der Waals surface area contributed by atoms with Crippen LogP contribution in [0.3, 0.4) is 0 Å². The van der Waals surface area contributed by atoms with E-state index in [0.29, 0.717) is 0 Å². The van der Waals surface area contributed by atoms with E-state index in [1.165, 1.54) is 43.1 Å². The molecule has 0 N–H and O–H groups in total. The Kier molecular flexibility index (Phi) is 7.71. The van der Waals surface area contributed by atoms with E-state index < -0.39 is 0 Å². The molecule has 0 saturated heterocycles. The van der Waals surface area contributed by atoms with Crippen molar-refractivity contribution >= 4 is 43.1 Å². The fraction of sp³-hybridized carbons (Fsp3) is 0. The van der Waals surface area contributed by atoms with Gasteiger partial charge in [0.2, 0.25) is 0 Å². The average Bonchev–Trinajstić information content (AvgIpc) is 3.27. The van der Waals surface area contributed by atoms with Gasteiger partial charge in [0, 0.05) is 0 Å². The van der Waals surface area contributed by atoms with Crippen molar-refractivity contribution < 1.29 is 26.2 Å². The van der Waals surface area contributed by atoms with E-state index in [9.17, 15) is 0 Å². The zero-order chi connectivity index (χ0) is 17.3. The first-order chi connectivity index (χ1) is 12.9. The van der Waals surface area contributed by atoms with Crippen molar-refractivity contribution in [3.63, 3.8) is 0 Å². The summed E-state index contributed by atoms with van der Waals surface area (Å²) in [7, 11) is 0. The second-order valence-electron chi connectivity index (χ2n) is 6.64. The van der Waals surface area contributed by atoms with Crippen LogP contribution < -0.4 is 0 Å². The standard InChI is InChI=1S/2C13H9.2CH3.Zr/c2*1-3-7-12-10(5-1)9-11-6-2-4-8-13(11)12;;;/h2*1-9H;2*1H3;/q4*-1;+4. The molecule has 0 fully saturated rings. The van der Waals surface area contributed by atoms with Gasteiger partial charge in [-0.15, -0.1) is 79.5 Å². The van der Waals surface area contributed by atoms with Gasteiger partial charge in [0.25, 0.3) is 0 Å². The predicted octanol–water partition coefficient (Wildman–Crippen LogP) is 8.32. The Bertz CT molecular complexity index is 1130. The zero-order valence-electron chi connectivity index (χ0n) is 16.9. The summed E-state index contributed by atoms with van der Waals surface area (Å²) in [6, 6.07) is 38.5. The zero-order valence-corrected chi connectivity index (χ0v) is 19.4. The fourth-order valence-corrected chi connectivity index (χ4v) is 3.81. The van der Waals surface area contributed by atoms with Gasteiger partial charge in [-0.2, -0.15) is 0 Å². The van der Waals surface area contributed by atoms with Crippen LogP contribution >= 0.6 is 0 Å². The molecule has 0 spiro atoms. The molecule has 29 heavy (non-hydrogen) atoms. The molecule has 0 aliphatic heterocycles. The van der Waals surface area contributed by atoms with E-state index in [1.54, 1.807) is 0 Å². The molecule has 0 amide bonds. The van der Waals surface area contributed by atoms with Crippen molar-refractivity contribution in [3.8, 4) is 0 Å². The first-order valence-corrected chi connectivity index (χ1v) is 8.96. The van der Waals surface area contributed by atoms with Crippen LogP contribution in [0.5, 0.6) is 0 Å². The van der Waals surface area contributed by atoms with Crippen molar-refractivity contribution in [2.45, 2.75) is 0 Å². The molecule has 0 nitrogen and oxygen atoms in total. The first kappa shape index (κ1) is 22.8. The number of benzene rings is 4. The van der Waals surface area contributed by atoms with Gasteiger partial charge in [-0.1, -0.05) is 72.8 Å². The summed E-state index contributed by atoms with van der Waals surface area (Å²) in [5.74, 6) is 0. The summed E-state index contributed by atoms with van der Waals surface area (Å²) >= 11 is 0. The average molecular weight is 452 g/mol. The number of rotatable bonds is 0. The van der Waals surface area contributed by atoms with Crippen LogP contribution in [0.2, 0.25) is 0 Å². The molecule has 0 unspecified atom stereocenters. The van der Waals surface area contributed by atoms with Crippen molar-refractivity contribution in [1.29, 1.82) is 0 Å². The summed E-state index contributed by atoms with van der Waals surface area (Å²) in [6.07, 6.45) is 0. The summed E-state index contributed by atoms with van der Waals surface area (Å²) in [5, 5.41) is 10.8. The Morgan fingerprint density at radius 3 is 0.793 bits per heavy atom. The quantitative estimate of drug-likeness (QED) is 0.204. The third-order valence-electron chi connectivity index (χ3n) is 5.05. The minimum absolute atomic E-state index is 0. The van der Waals surface area contributed by atoms with E-state index in [4.69, 9.17) is 0 Å². The summed E-state index contributed by atoms with van der Waals surface area (Å²) in [5.41, 5.74) is 0. The first-order valence-electron chi connectivity index (χ1n) is 8.96. The smallest absolute Gasteiger partial charge is 0.358 e. The third-order valence-corrected chi connectivity index (χ3v) is 5.05. The molecule has 0 atom stereocenters. The van der Waals surface area contributed by atoms with Crippen LogP contribution in [-0.4, -0.2) is 0 Å². The maximum absolute atomic E-state index is 2.24. The predicted molar refractivity (Wildman–Crippen MR) is 127 cm³/mol. The van der Waals surface area contributed by atoms with Crippen LogP contribution in [0.25, 0.3) is 43.1 Å². The monoisotopic (exact) mass is 450 g/mol. The van der Waals surface area contributed by atoms with Gasteiger partial charge in [0.05, 0.1) is 0 Å². The van der Waals surface area contributed by atoms with Gasteiger partial charge >= 0.3 is 26.2 Å². The maximum Gasteiger partial charge on any atom is 4.00 e. The molecular formula is C28H24Zr. The molecule has 0 bridgehead atoms. The molecule has 0 radical (unpaired) electrons. The van der Waals surface area contributed by atoms with Gasteiger partial charge in [0.1, 0.15) is 0 Å². The summed E-state index contributed by atoms with van der Waals surface area (Å²) < 4.78 is 0. The van der Waals surface area contributed by atoms with Gasteiger partial charge in [0.15, 0.2) is 0 Å². The Labute approximate surface area is 192 Å². The number of hydrogen-bond donors (Lipinski definition) is 0. The molecule has 1 heteroatoms. The van der Waals surface area contributed by atoms with Crippen LogP contribution in [-0.2, 0) is 26.2 Å². The van der Waals surface area contributed by atoms with Crippen molar-refractivity contribution in [3.05, 3.63) is 124 Å². The van der Waals surface area contributed by atoms with Crippen molar-refractivity contribution in [1.82, 2.24) is 0 Å². The van der Waals surface area contributed by atoms with E-state index in [-0.39, 0.29) is 41.1 Å². The van der Waals surface area contributed by atoms with Crippen molar-refractivity contribution in [2.24, 2.45) is 0 Å². The molecule has 0 heterocycles. The minimum atomic E-state index is 0. The minimum Gasteiger partial charge on any atom is -0.358 e. The second kappa shape index (κ2) is 9.81. The van der Waals surface area contributed by atoms with Crippen LogP contribution in [0.15, 0.2) is 109 Å². The molecule has 6 aromatic carbocycles. The fourth-order valence-electron chi connectivity index (χ4n) is 3.81. The topological polar surface area (TPSA) is 0 Å². The summed E-state index contributed by atoms with van der Waals surface area (Å²) in [6.45, 7) is 0. The van der Waals surface area contributed by atoms with E-state index >= 15 is 0 Å². The maximum atomic E-state index is 2.24. The Morgan fingerprint density at radius 1 is 0.345 bits per heavy atom. The van der Waals surface area contributed by atoms with Gasteiger partial charge < -0.3 is 14.9 Å². The van der Waals surface area contributed by atoms with Crippen LogP contribution in [0.4, 0.5) is 0 Å². The molecule has 6 rings (SSSR count). The molecule has 0 aliphatic carbocycles. The molecule has 6 aromatic rings. The Balaban J connectivity index is 0.000000187. The van der Waals surface area contributed by atoms with Crippen molar-refractivity contribution in [2.75, 3.05) is 0 Å². The Morgan fingerprint density at radius 2 is 0.552 bits per heavy atom. The number of hydrogen-bond acceptors (Lipinski definition) is 0. The molecule has 140 valence electrons. The van der Waals surface area contributed by atoms with Gasteiger partial charge in [-0.25, -0.2) is 0 Å². The molecule has 0 aliphatic rings. The van der Waals surface area contributed by atoms with Crippen LogP contribution in [0, 0.1) is 14.9 Å². The molecule has 0 saturated carbocycles. The van der Waals surface area contributed by atoms with Gasteiger partial charge in [-0.3, -0.25) is 0 Å². The second-order valence-corrected chi connectivity index (χ2v) is 6.64. The third kappa shape index (κ3) is 4.26. The van der Waals surface area contributed by atoms with Crippen LogP contribution in [0.1, 0.15) is 0 Å². The largest absolute Gasteiger partial charge is 4.00 e. The van der Waals surface area contributed by atoms with Gasteiger partial charge in [-0.05, 0) is 0 Å². The molecule has 0 aromatic heterocycles. The van der Waals surface area contributed by atoms with E-state index in [2.05, 4.69) is 109 Å². The molecular weight excluding hydrogens is 428 g/mol. The Hall–Kier alpha value is -2.50. The van der Waals surface area contributed by atoms with E-state index in [1.807, 2.05) is 0 Å². The normalized spacial score (nSPS) is 9.93. The summed E-state index contributed by atoms with van der Waals surface area (Å²) in [4.78, 5) is 0. The number of fused-ring (bicyclic) bond motifs is 6.